The van der Waals surface area contributed by atoms with Gasteiger partial charge in [0.25, 0.3) is 0 Å². The molecule has 0 fully saturated rings. The molecule has 0 heterocycles. The van der Waals surface area contributed by atoms with Crippen LogP contribution in [0.5, 0.6) is 0 Å². The first-order valence-corrected chi connectivity index (χ1v) is 7.05. The van der Waals surface area contributed by atoms with Gasteiger partial charge < -0.3 is 15.4 Å². The lowest BCUT2D eigenvalue weighted by Gasteiger charge is -2.17. The van der Waals surface area contributed by atoms with E-state index in [2.05, 4.69) is 0 Å². The summed E-state index contributed by atoms with van der Waals surface area (Å²) in [7, 11) is 1.69. The highest BCUT2D eigenvalue weighted by Crippen LogP contribution is 2.16. The van der Waals surface area contributed by atoms with Gasteiger partial charge in [0.2, 0.25) is 5.91 Å². The van der Waals surface area contributed by atoms with E-state index >= 15 is 0 Å². The van der Waals surface area contributed by atoms with E-state index in [1.54, 1.807) is 38.2 Å². The first-order chi connectivity index (χ1) is 9.04. The Bertz CT molecular complexity index is 434. The number of amides is 1. The average Bonchev–Trinajstić information content (AvgIpc) is 2.39. The minimum absolute atomic E-state index is 0.0703. The number of ether oxygens (including phenoxy) is 1. The summed E-state index contributed by atoms with van der Waals surface area (Å²) in [6, 6.07) is 7.04. The third-order valence-electron chi connectivity index (χ3n) is 2.41. The third-order valence-corrected chi connectivity index (χ3v) is 3.30. The Balaban J connectivity index is 2.41. The summed E-state index contributed by atoms with van der Waals surface area (Å²) in [4.78, 5) is 24.5. The standard InChI is InChI=1S/C13H18N2O3S/c1-3-18-13(17)9-19-8-12(16)15(2)11-6-4-10(14)5-7-11/h4-7H,3,8-9,14H2,1-2H3. The number of hydrogen-bond acceptors (Lipinski definition) is 5. The summed E-state index contributed by atoms with van der Waals surface area (Å²) >= 11 is 1.25. The van der Waals surface area contributed by atoms with Crippen molar-refractivity contribution in [3.63, 3.8) is 0 Å². The van der Waals surface area contributed by atoms with E-state index in [4.69, 9.17) is 10.5 Å². The van der Waals surface area contributed by atoms with E-state index in [1.807, 2.05) is 0 Å². The maximum atomic E-state index is 11.9. The summed E-state index contributed by atoms with van der Waals surface area (Å²) in [5, 5.41) is 0. The first kappa shape index (κ1) is 15.4. The topological polar surface area (TPSA) is 72.6 Å². The second kappa shape index (κ2) is 7.68. The van der Waals surface area contributed by atoms with Crippen LogP contribution in [0.3, 0.4) is 0 Å². The van der Waals surface area contributed by atoms with E-state index in [-0.39, 0.29) is 23.4 Å². The number of benzene rings is 1. The van der Waals surface area contributed by atoms with Crippen LogP contribution in [0.4, 0.5) is 11.4 Å². The quantitative estimate of drug-likeness (QED) is 0.633. The molecule has 0 aliphatic heterocycles. The number of anilines is 2. The van der Waals surface area contributed by atoms with Gasteiger partial charge in [-0.3, -0.25) is 9.59 Å². The van der Waals surface area contributed by atoms with Crippen LogP contribution in [0.1, 0.15) is 6.92 Å². The zero-order valence-electron chi connectivity index (χ0n) is 11.1. The van der Waals surface area contributed by atoms with Gasteiger partial charge in [-0.05, 0) is 31.2 Å². The van der Waals surface area contributed by atoms with Crippen molar-refractivity contribution in [2.45, 2.75) is 6.92 Å². The fourth-order valence-corrected chi connectivity index (χ4v) is 2.08. The van der Waals surface area contributed by atoms with Crippen LogP contribution in [0.15, 0.2) is 24.3 Å². The van der Waals surface area contributed by atoms with Crippen LogP contribution < -0.4 is 10.6 Å². The fourth-order valence-electron chi connectivity index (χ4n) is 1.36. The smallest absolute Gasteiger partial charge is 0.315 e. The molecule has 104 valence electrons. The van der Waals surface area contributed by atoms with E-state index in [0.29, 0.717) is 12.3 Å². The predicted molar refractivity (Wildman–Crippen MR) is 78.2 cm³/mol. The molecule has 0 aliphatic rings. The normalized spacial score (nSPS) is 10.0. The molecule has 0 saturated carbocycles. The van der Waals surface area contributed by atoms with Crippen LogP contribution in [-0.4, -0.2) is 37.0 Å². The first-order valence-electron chi connectivity index (χ1n) is 5.90. The lowest BCUT2D eigenvalue weighted by Crippen LogP contribution is -2.28. The maximum Gasteiger partial charge on any atom is 0.315 e. The molecule has 2 N–H and O–H groups in total. The maximum absolute atomic E-state index is 11.9. The molecule has 1 rings (SSSR count). The van der Waals surface area contributed by atoms with Gasteiger partial charge in [0.05, 0.1) is 18.1 Å². The molecule has 0 unspecified atom stereocenters. The number of thioether (sulfide) groups is 1. The molecular formula is C13H18N2O3S. The molecule has 1 aromatic rings. The van der Waals surface area contributed by atoms with Gasteiger partial charge in [0, 0.05) is 18.4 Å². The number of carbonyl (C=O) groups excluding carboxylic acids is 2. The van der Waals surface area contributed by atoms with Crippen LogP contribution in [0.2, 0.25) is 0 Å². The number of nitrogens with zero attached hydrogens (tertiary/aromatic N) is 1. The summed E-state index contributed by atoms with van der Waals surface area (Å²) in [5.74, 6) is 0.0592. The Morgan fingerprint density at radius 1 is 1.26 bits per heavy atom. The molecule has 1 amide bonds. The largest absolute Gasteiger partial charge is 0.465 e. The van der Waals surface area contributed by atoms with Crippen molar-refractivity contribution in [3.05, 3.63) is 24.3 Å². The Hall–Kier alpha value is -1.69. The van der Waals surface area contributed by atoms with Crippen molar-refractivity contribution in [1.82, 2.24) is 0 Å². The van der Waals surface area contributed by atoms with Crippen molar-refractivity contribution < 1.29 is 14.3 Å². The summed E-state index contributed by atoms with van der Waals surface area (Å²) in [5.41, 5.74) is 7.01. The Morgan fingerprint density at radius 2 is 1.89 bits per heavy atom. The van der Waals surface area contributed by atoms with E-state index in [0.717, 1.165) is 5.69 Å². The summed E-state index contributed by atoms with van der Waals surface area (Å²) in [6.45, 7) is 2.11. The second-order valence-corrected chi connectivity index (χ2v) is 4.83. The number of hydrogen-bond donors (Lipinski definition) is 1. The fraction of sp³-hybridized carbons (Fsp3) is 0.385. The average molecular weight is 282 g/mol. The number of esters is 1. The minimum Gasteiger partial charge on any atom is -0.465 e. The lowest BCUT2D eigenvalue weighted by molar-refractivity contribution is -0.139. The van der Waals surface area contributed by atoms with Crippen molar-refractivity contribution in [3.8, 4) is 0 Å². The highest BCUT2D eigenvalue weighted by atomic mass is 32.2. The zero-order valence-corrected chi connectivity index (χ0v) is 11.9. The van der Waals surface area contributed by atoms with Crippen LogP contribution >= 0.6 is 11.8 Å². The lowest BCUT2D eigenvalue weighted by atomic mass is 10.2. The van der Waals surface area contributed by atoms with E-state index in [1.165, 1.54) is 16.7 Å². The SMILES string of the molecule is CCOC(=O)CSCC(=O)N(C)c1ccc(N)cc1. The molecule has 19 heavy (non-hydrogen) atoms. The molecule has 0 bridgehead atoms. The van der Waals surface area contributed by atoms with E-state index < -0.39 is 0 Å². The number of rotatable bonds is 6. The second-order valence-electron chi connectivity index (χ2n) is 3.84. The van der Waals surface area contributed by atoms with Crippen molar-refractivity contribution in [1.29, 1.82) is 0 Å². The van der Waals surface area contributed by atoms with Gasteiger partial charge in [0.15, 0.2) is 0 Å². The van der Waals surface area contributed by atoms with Gasteiger partial charge in [-0.1, -0.05) is 0 Å². The molecular weight excluding hydrogens is 264 g/mol. The monoisotopic (exact) mass is 282 g/mol. The molecule has 1 aromatic carbocycles. The predicted octanol–water partition coefficient (Wildman–Crippen LogP) is 1.53. The van der Waals surface area contributed by atoms with Gasteiger partial charge in [-0.2, -0.15) is 0 Å². The number of nitrogen functional groups attached to an aromatic ring is 1. The Labute approximate surface area is 117 Å². The highest BCUT2D eigenvalue weighted by molar-refractivity contribution is 8.00. The molecule has 0 aliphatic carbocycles. The Kier molecular flexibility index (Phi) is 6.21. The van der Waals surface area contributed by atoms with Crippen LogP contribution in [0.25, 0.3) is 0 Å². The van der Waals surface area contributed by atoms with Crippen LogP contribution in [-0.2, 0) is 14.3 Å². The van der Waals surface area contributed by atoms with Crippen molar-refractivity contribution >= 4 is 35.0 Å². The molecule has 5 nitrogen and oxygen atoms in total. The zero-order chi connectivity index (χ0) is 14.3. The van der Waals surface area contributed by atoms with Gasteiger partial charge in [-0.15, -0.1) is 11.8 Å². The number of carbonyl (C=O) groups is 2. The molecule has 0 atom stereocenters. The minimum atomic E-state index is -0.296. The summed E-state index contributed by atoms with van der Waals surface area (Å²) in [6.07, 6.45) is 0. The molecule has 0 spiro atoms. The molecule has 0 radical (unpaired) electrons. The Morgan fingerprint density at radius 3 is 2.47 bits per heavy atom. The van der Waals surface area contributed by atoms with Crippen LogP contribution in [0, 0.1) is 0 Å². The molecule has 0 saturated heterocycles. The molecule has 6 heteroatoms. The van der Waals surface area contributed by atoms with Gasteiger partial charge >= 0.3 is 5.97 Å². The van der Waals surface area contributed by atoms with Gasteiger partial charge in [-0.25, -0.2) is 0 Å². The number of nitrogens with two attached hydrogens (primary N) is 1. The van der Waals surface area contributed by atoms with Crippen molar-refractivity contribution in [2.75, 3.05) is 35.8 Å². The summed E-state index contributed by atoms with van der Waals surface area (Å²) < 4.78 is 4.78. The van der Waals surface area contributed by atoms with Gasteiger partial charge in [0.1, 0.15) is 0 Å². The van der Waals surface area contributed by atoms with Crippen molar-refractivity contribution in [2.24, 2.45) is 0 Å². The highest BCUT2D eigenvalue weighted by Gasteiger charge is 2.12. The third kappa shape index (κ3) is 5.21. The molecule has 0 aromatic heterocycles. The van der Waals surface area contributed by atoms with E-state index in [9.17, 15) is 9.59 Å².